The van der Waals surface area contributed by atoms with Gasteiger partial charge in [-0.2, -0.15) is 13.2 Å². The van der Waals surface area contributed by atoms with Crippen molar-refractivity contribution in [2.75, 3.05) is 13.1 Å². The van der Waals surface area contributed by atoms with Gasteiger partial charge < -0.3 is 20.7 Å². The van der Waals surface area contributed by atoms with Gasteiger partial charge in [-0.15, -0.1) is 0 Å². The Kier molecular flexibility index (Phi) is 7.19. The Morgan fingerprint density at radius 1 is 0.971 bits per heavy atom. The minimum atomic E-state index is -5.08. The van der Waals surface area contributed by atoms with Crippen molar-refractivity contribution < 1.29 is 23.1 Å². The summed E-state index contributed by atoms with van der Waals surface area (Å²) < 4.78 is 31.7. The first-order valence-corrected chi connectivity index (χ1v) is 11.1. The molecular formula is C26H26F3N3O2. The van der Waals surface area contributed by atoms with Gasteiger partial charge in [0.2, 0.25) is 0 Å². The predicted octanol–water partition coefficient (Wildman–Crippen LogP) is 5.39. The van der Waals surface area contributed by atoms with Gasteiger partial charge in [0.15, 0.2) is 0 Å². The summed E-state index contributed by atoms with van der Waals surface area (Å²) in [7, 11) is 0. The molecular weight excluding hydrogens is 443 g/mol. The molecule has 8 heteroatoms. The number of aromatic amines is 1. The van der Waals surface area contributed by atoms with E-state index in [2.05, 4.69) is 82.3 Å². The smallest absolute Gasteiger partial charge is 0.475 e. The first kappa shape index (κ1) is 23.8. The Morgan fingerprint density at radius 2 is 1.68 bits per heavy atom. The Morgan fingerprint density at radius 3 is 2.41 bits per heavy atom. The highest BCUT2D eigenvalue weighted by molar-refractivity contribution is 5.87. The van der Waals surface area contributed by atoms with Crippen molar-refractivity contribution in [3.63, 3.8) is 0 Å². The minimum Gasteiger partial charge on any atom is -0.475 e. The first-order valence-electron chi connectivity index (χ1n) is 11.1. The number of aliphatic carboxylic acids is 1. The van der Waals surface area contributed by atoms with E-state index in [1.54, 1.807) is 0 Å². The lowest BCUT2D eigenvalue weighted by molar-refractivity contribution is -0.192. The molecule has 1 unspecified atom stereocenters. The van der Waals surface area contributed by atoms with Gasteiger partial charge in [0, 0.05) is 17.8 Å². The highest BCUT2D eigenvalue weighted by Gasteiger charge is 2.38. The Bertz CT molecular complexity index is 1260. The summed E-state index contributed by atoms with van der Waals surface area (Å²) in [5, 5.41) is 18.5. The largest absolute Gasteiger partial charge is 0.490 e. The highest BCUT2D eigenvalue weighted by Crippen LogP contribution is 2.31. The number of carbonyl (C=O) groups is 1. The monoisotopic (exact) mass is 469 g/mol. The summed E-state index contributed by atoms with van der Waals surface area (Å²) in [6.45, 7) is 2.19. The van der Waals surface area contributed by atoms with Gasteiger partial charge in [0.05, 0.1) is 6.04 Å². The minimum absolute atomic E-state index is 0.193. The van der Waals surface area contributed by atoms with Gasteiger partial charge in [-0.3, -0.25) is 0 Å². The van der Waals surface area contributed by atoms with Crippen LogP contribution in [0.15, 0.2) is 72.9 Å². The molecule has 34 heavy (non-hydrogen) atoms. The van der Waals surface area contributed by atoms with Crippen LogP contribution in [0.5, 0.6) is 0 Å². The van der Waals surface area contributed by atoms with Crippen molar-refractivity contribution in [1.29, 1.82) is 0 Å². The Hall–Kier alpha value is -3.36. The van der Waals surface area contributed by atoms with Crippen LogP contribution in [-0.4, -0.2) is 41.4 Å². The van der Waals surface area contributed by atoms with Crippen LogP contribution in [0.2, 0.25) is 0 Å². The molecule has 4 N–H and O–H groups in total. The summed E-state index contributed by atoms with van der Waals surface area (Å²) >= 11 is 0. The number of benzene rings is 3. The number of hydrogen-bond acceptors (Lipinski definition) is 3. The molecule has 0 bridgehead atoms. The number of rotatable bonds is 4. The van der Waals surface area contributed by atoms with Crippen molar-refractivity contribution in [2.45, 2.75) is 31.1 Å². The fourth-order valence-corrected chi connectivity index (χ4v) is 4.34. The molecule has 1 atom stereocenters. The molecule has 0 spiro atoms. The van der Waals surface area contributed by atoms with E-state index in [0.717, 1.165) is 13.1 Å². The molecule has 1 aliphatic rings. The van der Waals surface area contributed by atoms with Crippen LogP contribution in [0, 0.1) is 0 Å². The third kappa shape index (κ3) is 5.58. The van der Waals surface area contributed by atoms with E-state index in [1.165, 1.54) is 45.6 Å². The molecule has 1 fully saturated rings. The zero-order valence-corrected chi connectivity index (χ0v) is 18.4. The number of carboxylic acids is 1. The Labute approximate surface area is 195 Å². The number of halogens is 3. The van der Waals surface area contributed by atoms with Crippen LogP contribution in [0.1, 0.15) is 30.0 Å². The number of alkyl halides is 3. The van der Waals surface area contributed by atoms with Crippen molar-refractivity contribution in [3.8, 4) is 0 Å². The third-order valence-corrected chi connectivity index (χ3v) is 6.03. The zero-order chi connectivity index (χ0) is 24.1. The molecule has 1 saturated heterocycles. The summed E-state index contributed by atoms with van der Waals surface area (Å²) in [6, 6.07) is 25.1. The normalized spacial score (nSPS) is 15.6. The molecule has 0 aliphatic carbocycles. The second-order valence-electron chi connectivity index (χ2n) is 8.32. The number of nitrogens with one attached hydrogen (secondary N) is 3. The molecule has 1 aliphatic heterocycles. The van der Waals surface area contributed by atoms with Crippen molar-refractivity contribution in [2.24, 2.45) is 0 Å². The molecule has 5 nitrogen and oxygen atoms in total. The van der Waals surface area contributed by atoms with Gasteiger partial charge in [0.1, 0.15) is 0 Å². The average Bonchev–Trinajstić information content (AvgIpc) is 3.31. The lowest BCUT2D eigenvalue weighted by Crippen LogP contribution is -2.41. The van der Waals surface area contributed by atoms with Crippen LogP contribution < -0.4 is 10.6 Å². The second-order valence-corrected chi connectivity index (χ2v) is 8.32. The van der Waals surface area contributed by atoms with Gasteiger partial charge in [-0.25, -0.2) is 4.79 Å². The van der Waals surface area contributed by atoms with Crippen LogP contribution in [0.4, 0.5) is 13.2 Å². The maximum Gasteiger partial charge on any atom is 0.490 e. The van der Waals surface area contributed by atoms with E-state index < -0.39 is 12.1 Å². The molecule has 1 aromatic heterocycles. The van der Waals surface area contributed by atoms with E-state index >= 15 is 0 Å². The molecule has 3 aromatic carbocycles. The lowest BCUT2D eigenvalue weighted by atomic mass is 9.91. The van der Waals surface area contributed by atoms with Gasteiger partial charge in [0.25, 0.3) is 0 Å². The fourth-order valence-electron chi connectivity index (χ4n) is 4.34. The fraction of sp³-hybridized carbons (Fsp3) is 0.269. The molecule has 0 radical (unpaired) electrons. The molecule has 5 rings (SSSR count). The van der Waals surface area contributed by atoms with Gasteiger partial charge >= 0.3 is 12.1 Å². The first-order chi connectivity index (χ1) is 16.3. The third-order valence-electron chi connectivity index (χ3n) is 6.03. The van der Waals surface area contributed by atoms with Crippen LogP contribution >= 0.6 is 0 Å². The van der Waals surface area contributed by atoms with Crippen LogP contribution in [-0.2, 0) is 4.79 Å². The summed E-state index contributed by atoms with van der Waals surface area (Å²) in [4.78, 5) is 12.2. The quantitative estimate of drug-likeness (QED) is 0.323. The standard InChI is InChI=1S/C24H25N3.C2HF3O2/c1-2-6-21-17(4-1)5-3-7-22(21)24(27-20-11-13-25-14-12-20)19-8-9-23-18(16-19)10-15-26-23;3-2(4,5)1(6)7/h1-10,15-16,20,24-27H,11-14H2;(H,6,7). The number of piperidine rings is 1. The lowest BCUT2D eigenvalue weighted by Gasteiger charge is -2.30. The maximum atomic E-state index is 10.6. The van der Waals surface area contributed by atoms with Crippen molar-refractivity contribution in [1.82, 2.24) is 15.6 Å². The van der Waals surface area contributed by atoms with E-state index in [1.807, 2.05) is 6.20 Å². The van der Waals surface area contributed by atoms with Gasteiger partial charge in [-0.1, -0.05) is 48.5 Å². The van der Waals surface area contributed by atoms with E-state index in [-0.39, 0.29) is 6.04 Å². The molecule has 0 amide bonds. The second kappa shape index (κ2) is 10.3. The number of hydrogen-bond donors (Lipinski definition) is 4. The summed E-state index contributed by atoms with van der Waals surface area (Å²) in [5.41, 5.74) is 3.88. The topological polar surface area (TPSA) is 77.2 Å². The number of fused-ring (bicyclic) bond motifs is 2. The number of H-pyrrole nitrogens is 1. The molecule has 4 aromatic rings. The molecule has 0 saturated carbocycles. The zero-order valence-electron chi connectivity index (χ0n) is 18.4. The average molecular weight is 470 g/mol. The van der Waals surface area contributed by atoms with E-state index in [9.17, 15) is 13.2 Å². The number of carboxylic acid groups (broad SMARTS) is 1. The van der Waals surface area contributed by atoms with Gasteiger partial charge in [-0.05, 0) is 71.4 Å². The van der Waals surface area contributed by atoms with Crippen molar-refractivity contribution >= 4 is 27.6 Å². The number of aromatic nitrogens is 1. The SMILES string of the molecule is O=C(O)C(F)(F)F.c1ccc2c(C(NC3CCNCC3)c3ccc4[nH]ccc4c3)cccc2c1. The molecule has 2 heterocycles. The predicted molar refractivity (Wildman–Crippen MR) is 127 cm³/mol. The van der Waals surface area contributed by atoms with Crippen LogP contribution in [0.25, 0.3) is 21.7 Å². The summed E-state index contributed by atoms with van der Waals surface area (Å²) in [5.74, 6) is -2.76. The maximum absolute atomic E-state index is 10.6. The van der Waals surface area contributed by atoms with E-state index in [4.69, 9.17) is 9.90 Å². The van der Waals surface area contributed by atoms with E-state index in [0.29, 0.717) is 6.04 Å². The van der Waals surface area contributed by atoms with Crippen molar-refractivity contribution in [3.05, 3.63) is 84.1 Å². The Balaban J connectivity index is 0.000000344. The molecule has 178 valence electrons. The summed E-state index contributed by atoms with van der Waals surface area (Å²) in [6.07, 6.45) is -0.719. The highest BCUT2D eigenvalue weighted by atomic mass is 19.4. The van der Waals surface area contributed by atoms with Crippen LogP contribution in [0.3, 0.4) is 0 Å².